The Morgan fingerprint density at radius 2 is 1.66 bits per heavy atom. The Morgan fingerprint density at radius 3 is 2.21 bits per heavy atom. The first-order chi connectivity index (χ1) is 13.6. The summed E-state index contributed by atoms with van der Waals surface area (Å²) in [5, 5.41) is 6.15. The molecule has 0 aromatic rings. The largest absolute Gasteiger partial charge is 0.355 e. The summed E-state index contributed by atoms with van der Waals surface area (Å²) < 4.78 is 0. The van der Waals surface area contributed by atoms with Gasteiger partial charge in [0.15, 0.2) is 0 Å². The lowest BCUT2D eigenvalue weighted by Gasteiger charge is -2.44. The molecule has 1 aliphatic carbocycles. The minimum absolute atomic E-state index is 0.00516. The van der Waals surface area contributed by atoms with Crippen LogP contribution in [0.25, 0.3) is 0 Å². The summed E-state index contributed by atoms with van der Waals surface area (Å²) >= 11 is 0. The lowest BCUT2D eigenvalue weighted by Crippen LogP contribution is -2.52. The molecule has 3 fully saturated rings. The van der Waals surface area contributed by atoms with Crippen molar-refractivity contribution in [3.8, 4) is 0 Å². The zero-order valence-electron chi connectivity index (χ0n) is 18.7. The van der Waals surface area contributed by atoms with Crippen LogP contribution in [-0.4, -0.2) is 66.4 Å². The van der Waals surface area contributed by atoms with E-state index in [4.69, 9.17) is 0 Å². The number of piperidine rings is 1. The highest BCUT2D eigenvalue weighted by Gasteiger charge is 2.64. The van der Waals surface area contributed by atoms with Gasteiger partial charge in [0.2, 0.25) is 11.8 Å². The van der Waals surface area contributed by atoms with Crippen LogP contribution in [0.1, 0.15) is 60.3 Å². The highest BCUT2D eigenvalue weighted by Crippen LogP contribution is 2.62. The third kappa shape index (κ3) is 4.10. The second-order valence-electron chi connectivity index (χ2n) is 10.2. The van der Waals surface area contributed by atoms with Crippen LogP contribution >= 0.6 is 0 Å². The normalized spacial score (nSPS) is 28.2. The van der Waals surface area contributed by atoms with E-state index >= 15 is 0 Å². The SMILES string of the molecule is CC(=O)N1C[C@H]2C3(CCN(C(=O)NC(C)C)CC3)CC[C@@]2(C(=O)NCC(C)C)C1. The molecule has 0 aromatic carbocycles. The summed E-state index contributed by atoms with van der Waals surface area (Å²) in [4.78, 5) is 41.7. The van der Waals surface area contributed by atoms with Gasteiger partial charge < -0.3 is 20.4 Å². The summed E-state index contributed by atoms with van der Waals surface area (Å²) in [5.74, 6) is 0.759. The van der Waals surface area contributed by atoms with Crippen LogP contribution in [0, 0.1) is 22.7 Å². The van der Waals surface area contributed by atoms with Crippen LogP contribution in [0.15, 0.2) is 0 Å². The Labute approximate surface area is 174 Å². The lowest BCUT2D eigenvalue weighted by atomic mass is 9.65. The predicted octanol–water partition coefficient (Wildman–Crippen LogP) is 2.22. The maximum Gasteiger partial charge on any atom is 0.317 e. The van der Waals surface area contributed by atoms with Gasteiger partial charge in [-0.05, 0) is 56.8 Å². The third-order valence-electron chi connectivity index (χ3n) is 7.38. The summed E-state index contributed by atoms with van der Waals surface area (Å²) in [5.41, 5.74) is -0.420. The summed E-state index contributed by atoms with van der Waals surface area (Å²) in [6, 6.07) is 0.131. The number of urea groups is 1. The van der Waals surface area contributed by atoms with Crippen LogP contribution in [0.2, 0.25) is 0 Å². The Hall–Kier alpha value is -1.79. The van der Waals surface area contributed by atoms with Gasteiger partial charge in [-0.1, -0.05) is 13.8 Å². The molecule has 2 aliphatic heterocycles. The topological polar surface area (TPSA) is 81.8 Å². The van der Waals surface area contributed by atoms with Crippen LogP contribution < -0.4 is 10.6 Å². The lowest BCUT2D eigenvalue weighted by molar-refractivity contribution is -0.133. The highest BCUT2D eigenvalue weighted by molar-refractivity contribution is 5.86. The summed E-state index contributed by atoms with van der Waals surface area (Å²) in [6.07, 6.45) is 3.67. The van der Waals surface area contributed by atoms with Crippen molar-refractivity contribution in [2.24, 2.45) is 22.7 Å². The molecule has 4 amide bonds. The minimum atomic E-state index is -0.469. The number of nitrogens with one attached hydrogen (secondary N) is 2. The van der Waals surface area contributed by atoms with Gasteiger partial charge in [-0.2, -0.15) is 0 Å². The minimum Gasteiger partial charge on any atom is -0.355 e. The molecule has 2 saturated heterocycles. The molecular formula is C22H38N4O3. The molecule has 0 unspecified atom stereocenters. The predicted molar refractivity (Wildman–Crippen MR) is 112 cm³/mol. The quantitative estimate of drug-likeness (QED) is 0.751. The Balaban J connectivity index is 1.76. The molecule has 0 radical (unpaired) electrons. The van der Waals surface area contributed by atoms with Gasteiger partial charge in [0.25, 0.3) is 0 Å². The van der Waals surface area contributed by atoms with Crippen molar-refractivity contribution < 1.29 is 14.4 Å². The highest BCUT2D eigenvalue weighted by atomic mass is 16.2. The number of rotatable bonds is 4. The number of amides is 4. The zero-order valence-corrected chi connectivity index (χ0v) is 18.7. The van der Waals surface area contributed by atoms with Gasteiger partial charge in [0, 0.05) is 45.7 Å². The van der Waals surface area contributed by atoms with Gasteiger partial charge in [0.05, 0.1) is 5.41 Å². The zero-order chi connectivity index (χ0) is 21.4. The Kier molecular flexibility index (Phi) is 6.16. The molecule has 0 bridgehead atoms. The monoisotopic (exact) mass is 406 g/mol. The van der Waals surface area contributed by atoms with Crippen LogP contribution in [0.3, 0.4) is 0 Å². The average molecular weight is 407 g/mol. The second-order valence-corrected chi connectivity index (χ2v) is 10.2. The standard InChI is InChI=1S/C22H38N4O3/c1-15(2)12-23-19(28)22-7-6-21(18(22)13-26(14-22)17(5)27)8-10-25(11-9-21)20(29)24-16(3)4/h15-16,18H,6-14H2,1-5H3,(H,23,28)(H,24,29)/t18-,22+/m0/s1. The van der Waals surface area contributed by atoms with E-state index in [1.165, 1.54) is 0 Å². The first kappa shape index (κ1) is 21.9. The number of nitrogens with zero attached hydrogens (tertiary/aromatic N) is 2. The fourth-order valence-corrected chi connectivity index (χ4v) is 5.74. The van der Waals surface area contributed by atoms with Gasteiger partial charge >= 0.3 is 6.03 Å². The molecule has 7 heteroatoms. The summed E-state index contributed by atoms with van der Waals surface area (Å²) in [6.45, 7) is 13.1. The average Bonchev–Trinajstić information content (AvgIpc) is 3.18. The molecule has 164 valence electrons. The number of carbonyl (C=O) groups is 3. The van der Waals surface area contributed by atoms with E-state index in [1.807, 2.05) is 23.6 Å². The van der Waals surface area contributed by atoms with E-state index in [0.717, 1.165) is 38.8 Å². The van der Waals surface area contributed by atoms with Crippen molar-refractivity contribution in [1.82, 2.24) is 20.4 Å². The fraction of sp³-hybridized carbons (Fsp3) is 0.864. The first-order valence-electron chi connectivity index (χ1n) is 11.2. The fourth-order valence-electron chi connectivity index (χ4n) is 5.74. The van der Waals surface area contributed by atoms with E-state index in [0.29, 0.717) is 25.6 Å². The number of carbonyl (C=O) groups excluding carboxylic acids is 3. The van der Waals surface area contributed by atoms with Crippen molar-refractivity contribution >= 4 is 17.8 Å². The molecule has 1 spiro atoms. The van der Waals surface area contributed by atoms with Crippen molar-refractivity contribution in [3.05, 3.63) is 0 Å². The first-order valence-corrected chi connectivity index (χ1v) is 11.2. The van der Waals surface area contributed by atoms with E-state index < -0.39 is 5.41 Å². The van der Waals surface area contributed by atoms with E-state index in [-0.39, 0.29) is 35.2 Å². The smallest absolute Gasteiger partial charge is 0.317 e. The van der Waals surface area contributed by atoms with Gasteiger partial charge in [0.1, 0.15) is 0 Å². The molecule has 2 N–H and O–H groups in total. The molecule has 7 nitrogen and oxygen atoms in total. The van der Waals surface area contributed by atoms with Gasteiger partial charge in [-0.25, -0.2) is 4.79 Å². The number of hydrogen-bond donors (Lipinski definition) is 2. The molecule has 0 aromatic heterocycles. The molecular weight excluding hydrogens is 368 g/mol. The Bertz CT molecular complexity index is 654. The number of hydrogen-bond acceptors (Lipinski definition) is 3. The van der Waals surface area contributed by atoms with Crippen molar-refractivity contribution in [2.75, 3.05) is 32.7 Å². The van der Waals surface area contributed by atoms with Crippen molar-refractivity contribution in [2.45, 2.75) is 66.3 Å². The van der Waals surface area contributed by atoms with Crippen molar-refractivity contribution in [3.63, 3.8) is 0 Å². The molecule has 2 heterocycles. The van der Waals surface area contributed by atoms with E-state index in [1.54, 1.807) is 6.92 Å². The molecule has 1 saturated carbocycles. The Morgan fingerprint density at radius 1 is 1.00 bits per heavy atom. The third-order valence-corrected chi connectivity index (χ3v) is 7.38. The molecule has 29 heavy (non-hydrogen) atoms. The molecule has 2 atom stereocenters. The van der Waals surface area contributed by atoms with E-state index in [9.17, 15) is 14.4 Å². The summed E-state index contributed by atoms with van der Waals surface area (Å²) in [7, 11) is 0. The van der Waals surface area contributed by atoms with Crippen LogP contribution in [-0.2, 0) is 9.59 Å². The van der Waals surface area contributed by atoms with Gasteiger partial charge in [-0.3, -0.25) is 9.59 Å². The van der Waals surface area contributed by atoms with Crippen molar-refractivity contribution in [1.29, 1.82) is 0 Å². The second kappa shape index (κ2) is 8.15. The maximum absolute atomic E-state index is 13.3. The number of likely N-dealkylation sites (tertiary alicyclic amines) is 2. The van der Waals surface area contributed by atoms with Gasteiger partial charge in [-0.15, -0.1) is 0 Å². The maximum atomic E-state index is 13.3. The molecule has 3 rings (SSSR count). The number of fused-ring (bicyclic) bond motifs is 2. The van der Waals surface area contributed by atoms with Crippen LogP contribution in [0.5, 0.6) is 0 Å². The van der Waals surface area contributed by atoms with E-state index in [2.05, 4.69) is 24.5 Å². The molecule has 3 aliphatic rings. The van der Waals surface area contributed by atoms with Crippen LogP contribution in [0.4, 0.5) is 4.79 Å².